The Kier molecular flexibility index (Phi) is 5.28. The molecule has 1 amide bonds. The number of hydrogen-bond acceptors (Lipinski definition) is 9. The third-order valence-corrected chi connectivity index (χ3v) is 7.91. The number of carbonyl (C=O) groups is 2. The minimum Gasteiger partial charge on any atom is -0.479 e. The molecule has 0 aromatic carbocycles. The van der Waals surface area contributed by atoms with Gasteiger partial charge >= 0.3 is 17.8 Å². The highest BCUT2D eigenvalue weighted by Crippen LogP contribution is 2.51. The van der Waals surface area contributed by atoms with E-state index in [2.05, 4.69) is 30.4 Å². The van der Waals surface area contributed by atoms with Crippen molar-refractivity contribution in [2.45, 2.75) is 57.1 Å². The summed E-state index contributed by atoms with van der Waals surface area (Å²) in [5.41, 5.74) is -1.40. The number of aryl methyl sites for hydroxylation is 1. The number of carboxylic acids is 1. The van der Waals surface area contributed by atoms with E-state index in [1.165, 1.54) is 28.6 Å². The summed E-state index contributed by atoms with van der Waals surface area (Å²) in [5.74, 6) is -0.390. The first kappa shape index (κ1) is 22.1. The lowest BCUT2D eigenvalue weighted by Gasteiger charge is -2.14. The van der Waals surface area contributed by atoms with Crippen molar-refractivity contribution in [1.82, 2.24) is 34.2 Å². The number of amides is 1. The lowest BCUT2D eigenvalue weighted by atomic mass is 10.2. The molecule has 216 valence electrons. The predicted molar refractivity (Wildman–Crippen MR) is 149 cm³/mol. The van der Waals surface area contributed by atoms with Gasteiger partial charge in [-0.15, -0.1) is 5.10 Å². The van der Waals surface area contributed by atoms with Gasteiger partial charge in [0.1, 0.15) is 11.6 Å². The van der Waals surface area contributed by atoms with Gasteiger partial charge in [0.2, 0.25) is 5.88 Å². The Morgan fingerprint density at radius 3 is 2.78 bits per heavy atom. The van der Waals surface area contributed by atoms with Crippen molar-refractivity contribution in [2.75, 3.05) is 19.0 Å². The van der Waals surface area contributed by atoms with E-state index in [4.69, 9.17) is 10.2 Å². The van der Waals surface area contributed by atoms with Crippen LogP contribution in [-0.4, -0.2) is 65.8 Å². The number of pyridine rings is 2. The van der Waals surface area contributed by atoms with Gasteiger partial charge in [0.15, 0.2) is 11.2 Å². The second-order valence-electron chi connectivity index (χ2n) is 10.3. The van der Waals surface area contributed by atoms with Crippen molar-refractivity contribution in [3.05, 3.63) is 34.9 Å². The molecule has 2 aliphatic carbocycles. The molecule has 0 unspecified atom stereocenters. The van der Waals surface area contributed by atoms with Crippen molar-refractivity contribution >= 4 is 45.8 Å². The minimum absolute atomic E-state index is 0.0430. The molecule has 0 bridgehead atoms. The molecule has 3 N–H and O–H groups in total. The van der Waals surface area contributed by atoms with Crippen LogP contribution in [0.5, 0.6) is 5.88 Å². The summed E-state index contributed by atoms with van der Waals surface area (Å²) in [5, 5.41) is 20.6. The van der Waals surface area contributed by atoms with Gasteiger partial charge < -0.3 is 25.2 Å². The van der Waals surface area contributed by atoms with Crippen LogP contribution in [0.25, 0.3) is 22.1 Å². The fraction of sp³-hybridized carbons (Fsp3) is 0.481. The highest BCUT2D eigenvalue weighted by Gasteiger charge is 2.61. The highest BCUT2D eigenvalue weighted by molar-refractivity contribution is 5.88. The smallest absolute Gasteiger partial charge is 0.407 e. The molecule has 14 heteroatoms. The minimum atomic E-state index is -2.80. The SMILES string of the molecule is [2H]C([2H])([2H])n1c(=O)n([C@@H]2CC[C@@]([2H])(NC(=O)OC)C2)c2cc(Nc3ccc4c(OCC)nn([C@@]5(C(=O)O)C[C@@H]5C)c4n3)ncc21. The van der Waals surface area contributed by atoms with E-state index in [1.54, 1.807) is 19.1 Å². The number of carbonyl (C=O) groups excluding carboxylic acids is 1. The molecular weight excluding hydrogens is 532 g/mol. The molecule has 41 heavy (non-hydrogen) atoms. The number of methoxy groups -OCH3 is 1. The van der Waals surface area contributed by atoms with Crippen molar-refractivity contribution in [1.29, 1.82) is 0 Å². The molecular formula is C27H32N8O6. The normalized spacial score (nSPS) is 27.1. The number of alkyl carbamates (subject to hydrolysis) is 1. The molecule has 0 spiro atoms. The fourth-order valence-corrected chi connectivity index (χ4v) is 5.68. The van der Waals surface area contributed by atoms with E-state index in [1.807, 2.05) is 6.92 Å². The highest BCUT2D eigenvalue weighted by atomic mass is 16.5. The summed E-state index contributed by atoms with van der Waals surface area (Å²) in [7, 11) is 1.19. The second kappa shape index (κ2) is 9.78. The summed E-state index contributed by atoms with van der Waals surface area (Å²) in [6.07, 6.45) is 1.47. The zero-order valence-corrected chi connectivity index (χ0v) is 22.7. The maximum Gasteiger partial charge on any atom is 0.407 e. The third kappa shape index (κ3) is 4.24. The first-order valence-electron chi connectivity index (χ1n) is 15.3. The second-order valence-corrected chi connectivity index (χ2v) is 10.3. The molecule has 6 rings (SSSR count). The molecule has 0 saturated heterocycles. The molecule has 4 atom stereocenters. The van der Waals surface area contributed by atoms with Gasteiger partial charge in [-0.05, 0) is 50.7 Å². The number of hydrogen-bond donors (Lipinski definition) is 3. The quantitative estimate of drug-likeness (QED) is 0.287. The number of imidazole rings is 1. The van der Waals surface area contributed by atoms with Crippen LogP contribution < -0.4 is 21.1 Å². The Morgan fingerprint density at radius 2 is 2.10 bits per heavy atom. The molecule has 2 saturated carbocycles. The summed E-state index contributed by atoms with van der Waals surface area (Å²) in [6, 6.07) is 2.88. The van der Waals surface area contributed by atoms with Crippen LogP contribution in [0.15, 0.2) is 29.2 Å². The van der Waals surface area contributed by atoms with Gasteiger partial charge in [-0.25, -0.2) is 29.0 Å². The van der Waals surface area contributed by atoms with E-state index >= 15 is 0 Å². The maximum atomic E-state index is 13.6. The van der Waals surface area contributed by atoms with E-state index in [9.17, 15) is 19.5 Å². The van der Waals surface area contributed by atoms with Crippen LogP contribution >= 0.6 is 0 Å². The van der Waals surface area contributed by atoms with Gasteiger partial charge in [-0.3, -0.25) is 9.13 Å². The topological polar surface area (TPSA) is 167 Å². The summed E-state index contributed by atoms with van der Waals surface area (Å²) >= 11 is 0. The van der Waals surface area contributed by atoms with Crippen LogP contribution in [0.2, 0.25) is 0 Å². The predicted octanol–water partition coefficient (Wildman–Crippen LogP) is 2.89. The van der Waals surface area contributed by atoms with Crippen molar-refractivity contribution in [3.8, 4) is 5.88 Å². The Bertz CT molecular complexity index is 1900. The molecule has 0 radical (unpaired) electrons. The number of nitrogens with one attached hydrogen (secondary N) is 2. The maximum absolute atomic E-state index is 13.6. The van der Waals surface area contributed by atoms with E-state index in [0.717, 1.165) is 0 Å². The number of aromatic nitrogens is 6. The van der Waals surface area contributed by atoms with Crippen molar-refractivity contribution < 1.29 is 29.7 Å². The van der Waals surface area contributed by atoms with Gasteiger partial charge in [0.05, 0.1) is 37.7 Å². The average Bonchev–Trinajstić information content (AvgIpc) is 3.20. The Hall–Kier alpha value is -4.62. The lowest BCUT2D eigenvalue weighted by molar-refractivity contribution is -0.143. The standard InChI is InChI=1S/C27H32N8O6/c1-5-41-23-17-8-9-20(31-22(17)35(32-23)27(24(36)37)12-14(27)2)30-21-11-18-19(13-28-21)33(3)26(39)34(18)16-7-6-15(10-16)29-25(38)40-4/h8-9,11,13-16H,5-7,10,12H2,1-4H3,(H,29,38)(H,36,37)(H,28,30,31)/t14-,15+,16+,27-/m0/s1/i3D3,15D. The number of nitrogens with zero attached hydrogens (tertiary/aromatic N) is 6. The van der Waals surface area contributed by atoms with Crippen molar-refractivity contribution in [3.63, 3.8) is 0 Å². The summed E-state index contributed by atoms with van der Waals surface area (Å²) in [4.78, 5) is 46.7. The van der Waals surface area contributed by atoms with Gasteiger partial charge in [-0.1, -0.05) is 6.92 Å². The zero-order chi connectivity index (χ0) is 32.5. The third-order valence-electron chi connectivity index (χ3n) is 7.91. The van der Waals surface area contributed by atoms with E-state index < -0.39 is 42.3 Å². The number of anilines is 2. The summed E-state index contributed by atoms with van der Waals surface area (Å²) in [6.45, 7) is 1.15. The Balaban J connectivity index is 1.41. The van der Waals surface area contributed by atoms with Crippen LogP contribution in [0.3, 0.4) is 0 Å². The Morgan fingerprint density at radius 1 is 1.29 bits per heavy atom. The molecule has 2 fully saturated rings. The van der Waals surface area contributed by atoms with Gasteiger partial charge in [-0.2, -0.15) is 0 Å². The molecule has 4 aromatic rings. The molecule has 2 aliphatic rings. The number of ether oxygens (including phenoxy) is 2. The molecule has 4 heterocycles. The van der Waals surface area contributed by atoms with Crippen LogP contribution in [0, 0.1) is 5.92 Å². The van der Waals surface area contributed by atoms with Crippen LogP contribution in [0.1, 0.15) is 51.1 Å². The number of rotatable bonds is 8. The first-order valence-corrected chi connectivity index (χ1v) is 13.3. The lowest BCUT2D eigenvalue weighted by Crippen LogP contribution is -2.33. The van der Waals surface area contributed by atoms with Crippen LogP contribution in [-0.2, 0) is 22.0 Å². The molecule has 0 aliphatic heterocycles. The van der Waals surface area contributed by atoms with Gasteiger partial charge in [0.25, 0.3) is 0 Å². The molecule has 14 nitrogen and oxygen atoms in total. The average molecular weight is 569 g/mol. The Labute approximate surface area is 239 Å². The monoisotopic (exact) mass is 568 g/mol. The zero-order valence-electron chi connectivity index (χ0n) is 26.7. The first-order chi connectivity index (χ1) is 21.2. The largest absolute Gasteiger partial charge is 0.479 e. The number of carboxylic acid groups (broad SMARTS) is 1. The van der Waals surface area contributed by atoms with Gasteiger partial charge in [0, 0.05) is 29.2 Å². The van der Waals surface area contributed by atoms with Crippen molar-refractivity contribution in [2.24, 2.45) is 12.9 Å². The van der Waals surface area contributed by atoms with Crippen LogP contribution in [0.4, 0.5) is 16.4 Å². The number of aliphatic carboxylic acids is 1. The van der Waals surface area contributed by atoms with E-state index in [0.29, 0.717) is 40.9 Å². The molecule has 4 aromatic heterocycles. The summed E-state index contributed by atoms with van der Waals surface area (Å²) < 4.78 is 46.4. The van der Waals surface area contributed by atoms with E-state index in [-0.39, 0.29) is 41.5 Å². The number of fused-ring (bicyclic) bond motifs is 2. The fourth-order valence-electron chi connectivity index (χ4n) is 5.68.